The van der Waals surface area contributed by atoms with Gasteiger partial charge in [0, 0.05) is 82.3 Å². The molecule has 0 saturated carbocycles. The predicted molar refractivity (Wildman–Crippen MR) is 239 cm³/mol. The largest absolute Gasteiger partial charge is 0.285 e. The molecular weight excluding hydrogens is 709 g/mol. The van der Waals surface area contributed by atoms with E-state index in [1.165, 1.54) is 35.1 Å². The van der Waals surface area contributed by atoms with Gasteiger partial charge in [-0.05, 0) is 59.1 Å². The molecule has 0 spiro atoms. The molecule has 2 nitrogen and oxygen atoms in total. The van der Waals surface area contributed by atoms with E-state index in [0.29, 0.717) is 82.3 Å². The van der Waals surface area contributed by atoms with Crippen LogP contribution < -0.4 is 0 Å². The summed E-state index contributed by atoms with van der Waals surface area (Å²) in [5.41, 5.74) is 8.83. The monoisotopic (exact) mass is 760 g/mol. The molecule has 3 heterocycles. The molecule has 12 rings (SSSR count). The lowest BCUT2D eigenvalue weighted by Gasteiger charge is -2.42. The molecule has 1 aromatic rings. The molecule has 14 unspecified atom stereocenters. The lowest BCUT2D eigenvalue weighted by atomic mass is 9.76. The third-order valence-electron chi connectivity index (χ3n) is 15.1. The fourth-order valence-electron chi connectivity index (χ4n) is 12.7. The van der Waals surface area contributed by atoms with E-state index in [4.69, 9.17) is 0 Å². The van der Waals surface area contributed by atoms with Gasteiger partial charge in [-0.15, -0.1) is 11.8 Å². The summed E-state index contributed by atoms with van der Waals surface area (Å²) in [6.07, 6.45) is 66.1. The van der Waals surface area contributed by atoms with Crippen molar-refractivity contribution in [3.8, 4) is 0 Å². The molecule has 11 aliphatic rings. The highest BCUT2D eigenvalue weighted by Crippen LogP contribution is 2.56. The highest BCUT2D eigenvalue weighted by Gasteiger charge is 2.55. The third kappa shape index (κ3) is 5.67. The van der Waals surface area contributed by atoms with Crippen LogP contribution >= 0.6 is 11.8 Å². The van der Waals surface area contributed by atoms with Crippen LogP contribution in [0.3, 0.4) is 0 Å². The Bertz CT molecular complexity index is 2290. The maximum Gasteiger partial charge on any atom is 0.0467 e. The van der Waals surface area contributed by atoms with Crippen LogP contribution in [0.4, 0.5) is 0 Å². The highest BCUT2D eigenvalue weighted by atomic mass is 32.2. The van der Waals surface area contributed by atoms with Gasteiger partial charge in [0.05, 0.1) is 0 Å². The minimum absolute atomic E-state index is 0.386. The van der Waals surface area contributed by atoms with E-state index in [2.05, 4.69) is 204 Å². The average molecular weight is 761 g/mol. The predicted octanol–water partition coefficient (Wildman–Crippen LogP) is 11.0. The number of nitrogens with zero attached hydrogens (tertiary/aromatic N) is 2. The molecule has 1 aromatic carbocycles. The quantitative estimate of drug-likeness (QED) is 0.276. The third-order valence-corrected chi connectivity index (χ3v) is 16.7. The normalized spacial score (nSPS) is 41.7. The number of allylic oxidation sites excluding steroid dienone is 18. The van der Waals surface area contributed by atoms with E-state index in [-0.39, 0.29) is 0 Å². The van der Waals surface area contributed by atoms with Crippen molar-refractivity contribution in [1.29, 1.82) is 0 Å². The van der Waals surface area contributed by atoms with Gasteiger partial charge in [-0.1, -0.05) is 182 Å². The van der Waals surface area contributed by atoms with Gasteiger partial charge in [0.25, 0.3) is 0 Å². The Balaban J connectivity index is 0.874. The van der Waals surface area contributed by atoms with Crippen LogP contribution in [0.2, 0.25) is 0 Å². The molecule has 0 bridgehead atoms. The van der Waals surface area contributed by atoms with E-state index in [0.717, 1.165) is 12.8 Å². The Hall–Kier alpha value is -4.41. The van der Waals surface area contributed by atoms with Crippen molar-refractivity contribution >= 4 is 17.3 Å². The van der Waals surface area contributed by atoms with E-state index >= 15 is 0 Å². The molecule has 57 heavy (non-hydrogen) atoms. The second kappa shape index (κ2) is 14.2. The van der Waals surface area contributed by atoms with Crippen LogP contribution in [0.5, 0.6) is 0 Å². The number of thioether (sulfide) groups is 1. The summed E-state index contributed by atoms with van der Waals surface area (Å²) in [7, 11) is 0. The standard InChI is InChI=1S/C54H52N2S/c1-4-14-35(15-5-1)37-24-28-48-45(32-37)46-34-39(25-29-49(46)55(48)40-18-8-3-9-19-40)38-26-30-50-44(33-38)42-20-10-12-22-47(42)56(50)51-31-27-41(36-16-6-2-7-17-36)53-43-21-11-13-23-52(43)57-54(51)53/h1-11,13-16,18,20-21,23-34,36,40,42-52,54H,12,17,19,22H2. The van der Waals surface area contributed by atoms with Crippen molar-refractivity contribution in [2.75, 3.05) is 0 Å². The molecule has 3 fully saturated rings. The minimum atomic E-state index is 0.386. The topological polar surface area (TPSA) is 6.48 Å². The van der Waals surface area contributed by atoms with Gasteiger partial charge >= 0.3 is 0 Å². The number of fused-ring (bicyclic) bond motifs is 9. The molecule has 8 aliphatic carbocycles. The molecule has 0 aromatic heterocycles. The summed E-state index contributed by atoms with van der Waals surface area (Å²) in [6, 6.07) is 13.6. The first-order chi connectivity index (χ1) is 28.3. The van der Waals surface area contributed by atoms with Gasteiger partial charge in [0.1, 0.15) is 0 Å². The van der Waals surface area contributed by atoms with Crippen LogP contribution in [0, 0.1) is 35.5 Å². The summed E-state index contributed by atoms with van der Waals surface area (Å²) in [6.45, 7) is 0. The fourth-order valence-corrected chi connectivity index (χ4v) is 14.5. The van der Waals surface area contributed by atoms with Gasteiger partial charge in [0.15, 0.2) is 0 Å². The first kappa shape index (κ1) is 34.6. The van der Waals surface area contributed by atoms with Crippen LogP contribution in [0.25, 0.3) is 5.57 Å². The first-order valence-corrected chi connectivity index (χ1v) is 22.8. The minimum Gasteiger partial charge on any atom is -0.285 e. The zero-order valence-corrected chi connectivity index (χ0v) is 33.4. The first-order valence-electron chi connectivity index (χ1n) is 21.9. The average Bonchev–Trinajstić information content (AvgIpc) is 3.94. The Kier molecular flexibility index (Phi) is 8.59. The lowest BCUT2D eigenvalue weighted by Crippen LogP contribution is -2.50. The number of benzene rings is 1. The SMILES string of the molecule is C1=CCC(C2=C3C4C=CC=CC4SC3C(N3C4C=CC(C5=CC6C7C=C(c8ccccc8)C=CC7N(C7C=CC=CC7)C6C=C5)=CC4C4C=CCCC43)C=C2)C=C1. The second-order valence-corrected chi connectivity index (χ2v) is 19.2. The van der Waals surface area contributed by atoms with Crippen LogP contribution in [-0.4, -0.2) is 56.6 Å². The molecular formula is C54H52N2S. The summed E-state index contributed by atoms with van der Waals surface area (Å²) < 4.78 is 0. The Labute approximate surface area is 343 Å². The molecule has 284 valence electrons. The van der Waals surface area contributed by atoms with Gasteiger partial charge in [-0.25, -0.2) is 0 Å². The van der Waals surface area contributed by atoms with Crippen molar-refractivity contribution in [3.63, 3.8) is 0 Å². The molecule has 3 saturated heterocycles. The molecule has 0 amide bonds. The Morgan fingerprint density at radius 2 is 1.19 bits per heavy atom. The van der Waals surface area contributed by atoms with E-state index < -0.39 is 0 Å². The lowest BCUT2D eigenvalue weighted by molar-refractivity contribution is 0.157. The van der Waals surface area contributed by atoms with Crippen LogP contribution in [-0.2, 0) is 0 Å². The van der Waals surface area contributed by atoms with Gasteiger partial charge in [-0.2, -0.15) is 0 Å². The van der Waals surface area contributed by atoms with Crippen molar-refractivity contribution in [1.82, 2.24) is 9.80 Å². The van der Waals surface area contributed by atoms with Crippen LogP contribution in [0.1, 0.15) is 31.2 Å². The molecule has 3 aliphatic heterocycles. The zero-order valence-electron chi connectivity index (χ0n) is 32.5. The van der Waals surface area contributed by atoms with Crippen molar-refractivity contribution in [2.24, 2.45) is 35.5 Å². The fraction of sp³-hybridized carbons (Fsp3) is 0.333. The Morgan fingerprint density at radius 3 is 1.95 bits per heavy atom. The summed E-state index contributed by atoms with van der Waals surface area (Å²) >= 11 is 2.24. The molecule has 0 radical (unpaired) electrons. The maximum atomic E-state index is 3.01. The summed E-state index contributed by atoms with van der Waals surface area (Å²) in [5.74, 6) is 2.88. The molecule has 3 heteroatoms. The van der Waals surface area contributed by atoms with Crippen molar-refractivity contribution in [2.45, 2.75) is 72.4 Å². The van der Waals surface area contributed by atoms with Crippen molar-refractivity contribution in [3.05, 3.63) is 210 Å². The highest BCUT2D eigenvalue weighted by molar-refractivity contribution is 8.01. The second-order valence-electron chi connectivity index (χ2n) is 17.9. The number of likely N-dealkylation sites (tertiary alicyclic amines) is 2. The summed E-state index contributed by atoms with van der Waals surface area (Å²) in [4.78, 5) is 5.82. The van der Waals surface area contributed by atoms with Crippen LogP contribution in [0.15, 0.2) is 205 Å². The van der Waals surface area contributed by atoms with Gasteiger partial charge < -0.3 is 0 Å². The van der Waals surface area contributed by atoms with E-state index in [1.807, 2.05) is 0 Å². The van der Waals surface area contributed by atoms with Gasteiger partial charge in [-0.3, -0.25) is 9.80 Å². The Morgan fingerprint density at radius 1 is 0.526 bits per heavy atom. The van der Waals surface area contributed by atoms with E-state index in [1.54, 1.807) is 11.1 Å². The van der Waals surface area contributed by atoms with E-state index in [9.17, 15) is 0 Å². The zero-order chi connectivity index (χ0) is 37.5. The smallest absolute Gasteiger partial charge is 0.0467 e. The summed E-state index contributed by atoms with van der Waals surface area (Å²) in [5, 5.41) is 1.02. The number of hydrogen-bond acceptors (Lipinski definition) is 3. The van der Waals surface area contributed by atoms with Crippen molar-refractivity contribution < 1.29 is 0 Å². The maximum absolute atomic E-state index is 3.01. The number of rotatable bonds is 5. The molecule has 0 N–H and O–H groups in total. The molecule has 14 atom stereocenters. The number of hydrogen-bond donors (Lipinski definition) is 0. The van der Waals surface area contributed by atoms with Gasteiger partial charge in [0.2, 0.25) is 0 Å².